The molecule has 0 bridgehead atoms. The van der Waals surface area contributed by atoms with E-state index in [0.29, 0.717) is 17.0 Å². The second-order valence-corrected chi connectivity index (χ2v) is 13.7. The van der Waals surface area contributed by atoms with E-state index >= 15 is 0 Å². The maximum Gasteiger partial charge on any atom is 0.269 e. The molecule has 5 unspecified atom stereocenters. The molecule has 3 heterocycles. The molecule has 0 saturated heterocycles. The minimum absolute atomic E-state index is 0.0478. The zero-order valence-electron chi connectivity index (χ0n) is 29.9. The smallest absolute Gasteiger partial charge is 0.269 e. The third-order valence-electron chi connectivity index (χ3n) is 10.1. The van der Waals surface area contributed by atoms with Crippen LogP contribution in [0.1, 0.15) is 78.7 Å². The van der Waals surface area contributed by atoms with Crippen molar-refractivity contribution in [1.29, 1.82) is 0 Å². The van der Waals surface area contributed by atoms with E-state index in [9.17, 15) is 29.7 Å². The molecular formula is C42H37ClFN5O6. The Kier molecular flexibility index (Phi) is 10.5. The number of fused-ring (bicyclic) bond motifs is 6. The monoisotopic (exact) mass is 761 g/mol. The number of hydrogen-bond acceptors (Lipinski definition) is 9. The van der Waals surface area contributed by atoms with E-state index in [2.05, 4.69) is 17.5 Å². The normalized spacial score (nSPS) is 21.1. The van der Waals surface area contributed by atoms with Crippen molar-refractivity contribution in [2.45, 2.75) is 50.9 Å². The first kappa shape index (κ1) is 37.1. The molecule has 1 aliphatic carbocycles. The summed E-state index contributed by atoms with van der Waals surface area (Å²) in [7, 11) is 0. The maximum absolute atomic E-state index is 13.3. The number of phenols is 1. The van der Waals surface area contributed by atoms with Gasteiger partial charge in [0, 0.05) is 52.9 Å². The minimum Gasteiger partial charge on any atom is -0.507 e. The van der Waals surface area contributed by atoms with Gasteiger partial charge in [-0.15, -0.1) is 0 Å². The van der Waals surface area contributed by atoms with Crippen molar-refractivity contribution in [3.63, 3.8) is 0 Å². The number of anilines is 1. The molecule has 5 atom stereocenters. The van der Waals surface area contributed by atoms with Gasteiger partial charge in [0.2, 0.25) is 6.23 Å². The molecule has 280 valence electrons. The number of nitro benzene ring substituents is 2. The molecule has 3 aliphatic heterocycles. The molecule has 4 aliphatic rings. The number of ether oxygens (including phenoxy) is 1. The maximum atomic E-state index is 13.3. The van der Waals surface area contributed by atoms with E-state index < -0.39 is 11.2 Å². The van der Waals surface area contributed by atoms with Crippen molar-refractivity contribution in [2.75, 3.05) is 5.32 Å². The number of allylic oxidation sites excluding steroid dienone is 1. The topological polar surface area (TPSA) is 143 Å². The number of aromatic hydroxyl groups is 1. The second kappa shape index (κ2) is 15.6. The van der Waals surface area contributed by atoms with E-state index in [-0.39, 0.29) is 51.8 Å². The Morgan fingerprint density at radius 2 is 1.62 bits per heavy atom. The van der Waals surface area contributed by atoms with Crippen LogP contribution in [0.15, 0.2) is 126 Å². The average Bonchev–Trinajstić information content (AvgIpc) is 3.89. The van der Waals surface area contributed by atoms with Crippen molar-refractivity contribution in [1.82, 2.24) is 5.01 Å². The number of nitro groups is 2. The van der Waals surface area contributed by atoms with Gasteiger partial charge in [-0.1, -0.05) is 80.1 Å². The Balaban J connectivity index is 0.000000163. The van der Waals surface area contributed by atoms with E-state index in [0.717, 1.165) is 45.8 Å². The van der Waals surface area contributed by atoms with Gasteiger partial charge in [0.15, 0.2) is 0 Å². The molecule has 11 nitrogen and oxygen atoms in total. The van der Waals surface area contributed by atoms with Gasteiger partial charge in [-0.05, 0) is 71.5 Å². The van der Waals surface area contributed by atoms with Crippen LogP contribution in [0.2, 0.25) is 5.02 Å². The number of rotatable bonds is 5. The van der Waals surface area contributed by atoms with E-state index in [1.807, 2.05) is 49.2 Å². The summed E-state index contributed by atoms with van der Waals surface area (Å²) < 4.78 is 19.5. The van der Waals surface area contributed by atoms with Gasteiger partial charge in [0.1, 0.15) is 17.3 Å². The van der Waals surface area contributed by atoms with Crippen LogP contribution in [0.5, 0.6) is 11.5 Å². The molecular weight excluding hydrogens is 725 g/mol. The number of nitrogens with one attached hydrogen (secondary N) is 1. The van der Waals surface area contributed by atoms with Gasteiger partial charge >= 0.3 is 0 Å². The van der Waals surface area contributed by atoms with Gasteiger partial charge in [-0.3, -0.25) is 20.2 Å². The van der Waals surface area contributed by atoms with Crippen molar-refractivity contribution < 1.29 is 24.1 Å². The third kappa shape index (κ3) is 7.33. The Labute approximate surface area is 321 Å². The van der Waals surface area contributed by atoms with Crippen LogP contribution in [0.25, 0.3) is 0 Å². The summed E-state index contributed by atoms with van der Waals surface area (Å²) in [4.78, 5) is 21.4. The van der Waals surface area contributed by atoms with Crippen LogP contribution in [0.4, 0.5) is 21.5 Å². The lowest BCUT2D eigenvalue weighted by molar-refractivity contribution is -0.385. The molecule has 9 rings (SSSR count). The molecule has 2 N–H and O–H groups in total. The first-order valence-corrected chi connectivity index (χ1v) is 18.3. The highest BCUT2D eigenvalue weighted by molar-refractivity contribution is 6.30. The lowest BCUT2D eigenvalue weighted by atomic mass is 9.77. The number of hydrogen-bond donors (Lipinski definition) is 2. The van der Waals surface area contributed by atoms with E-state index in [1.54, 1.807) is 54.6 Å². The number of benzene rings is 5. The highest BCUT2D eigenvalue weighted by Crippen LogP contribution is 2.51. The predicted molar refractivity (Wildman–Crippen MR) is 209 cm³/mol. The summed E-state index contributed by atoms with van der Waals surface area (Å²) in [6.45, 7) is 4.00. The zero-order chi connectivity index (χ0) is 38.8. The number of halogens is 2. The standard InChI is InChI=1S/C22H16ClFN2O2.C18H15N3O4.C2H6/c23-14-7-10-20(27)17(11-14)22-26-19(16-3-1-2-4-21(16)28-22)12-18(25-26)13-5-8-15(24)9-6-13;22-20(23)12-4-1-3-11(9-12)18-15-6-2-5-14(15)16-10-13(21(24)25)7-8-17(16)19-18;1-2/h1-11,19,22,27H,12H2;1-4,6-10,14-15,18-19H,5H2;1-2H3. The summed E-state index contributed by atoms with van der Waals surface area (Å²) in [5.74, 6) is 0.814. The van der Waals surface area contributed by atoms with Crippen molar-refractivity contribution >= 4 is 34.4 Å². The lowest BCUT2D eigenvalue weighted by Gasteiger charge is -2.38. The van der Waals surface area contributed by atoms with Crippen LogP contribution in [0.3, 0.4) is 0 Å². The average molecular weight is 762 g/mol. The van der Waals surface area contributed by atoms with Crippen LogP contribution in [-0.4, -0.2) is 25.7 Å². The fourth-order valence-electron chi connectivity index (χ4n) is 7.63. The lowest BCUT2D eigenvalue weighted by Crippen LogP contribution is -2.33. The van der Waals surface area contributed by atoms with Gasteiger partial charge in [-0.2, -0.15) is 5.10 Å². The Hall–Kier alpha value is -6.27. The molecule has 0 amide bonds. The largest absolute Gasteiger partial charge is 0.507 e. The third-order valence-corrected chi connectivity index (χ3v) is 10.4. The summed E-state index contributed by atoms with van der Waals surface area (Å²) in [5.41, 5.74) is 6.07. The molecule has 0 radical (unpaired) electrons. The van der Waals surface area contributed by atoms with Gasteiger partial charge < -0.3 is 15.2 Å². The van der Waals surface area contributed by atoms with Gasteiger partial charge in [-0.25, -0.2) is 9.40 Å². The van der Waals surface area contributed by atoms with Gasteiger partial charge in [0.25, 0.3) is 11.4 Å². The van der Waals surface area contributed by atoms with E-state index in [4.69, 9.17) is 21.4 Å². The zero-order valence-corrected chi connectivity index (χ0v) is 30.6. The number of non-ortho nitro benzene ring substituents is 2. The van der Waals surface area contributed by atoms with Crippen LogP contribution >= 0.6 is 11.6 Å². The van der Waals surface area contributed by atoms with E-state index in [1.165, 1.54) is 24.3 Å². The highest BCUT2D eigenvalue weighted by Gasteiger charge is 2.42. The molecule has 0 aromatic heterocycles. The van der Waals surface area contributed by atoms with Crippen LogP contribution in [0, 0.1) is 32.0 Å². The summed E-state index contributed by atoms with van der Waals surface area (Å²) in [5, 5.41) is 43.1. The van der Waals surface area contributed by atoms with Gasteiger partial charge in [0.05, 0.1) is 33.2 Å². The Morgan fingerprint density at radius 1 is 0.873 bits per heavy atom. The molecule has 0 spiro atoms. The van der Waals surface area contributed by atoms with Crippen molar-refractivity contribution in [2.24, 2.45) is 11.0 Å². The summed E-state index contributed by atoms with van der Waals surface area (Å²) in [6.07, 6.45) is 5.03. The van der Waals surface area contributed by atoms with Crippen LogP contribution < -0.4 is 10.1 Å². The number of nitrogens with zero attached hydrogens (tertiary/aromatic N) is 4. The quantitative estimate of drug-likeness (QED) is 0.102. The minimum atomic E-state index is -0.614. The molecule has 5 aromatic rings. The van der Waals surface area contributed by atoms with Crippen LogP contribution in [-0.2, 0) is 0 Å². The molecule has 55 heavy (non-hydrogen) atoms. The summed E-state index contributed by atoms with van der Waals surface area (Å²) >= 11 is 6.16. The fourth-order valence-corrected chi connectivity index (χ4v) is 7.81. The predicted octanol–water partition coefficient (Wildman–Crippen LogP) is 10.8. The van der Waals surface area contributed by atoms with Crippen molar-refractivity contribution in [3.05, 3.63) is 180 Å². The molecule has 0 saturated carbocycles. The second-order valence-electron chi connectivity index (χ2n) is 13.2. The molecule has 0 fully saturated rings. The first-order chi connectivity index (χ1) is 26.6. The molecule has 5 aromatic carbocycles. The summed E-state index contributed by atoms with van der Waals surface area (Å²) in [6, 6.07) is 30.3. The number of phenolic OH excluding ortho intramolecular Hbond substituents is 1. The molecule has 13 heteroatoms. The SMILES string of the molecule is CC.O=[N+]([O-])c1cccc(C2Nc3ccc([N+](=O)[O-])cc3C3CC=CC32)c1.Oc1ccc(Cl)cc1C1Oc2ccccc2C2CC(c3ccc(F)cc3)=NN21. The first-order valence-electron chi connectivity index (χ1n) is 18.0. The number of para-hydroxylation sites is 1. The number of hydrazone groups is 1. The highest BCUT2D eigenvalue weighted by atomic mass is 35.5. The Morgan fingerprint density at radius 3 is 2.38 bits per heavy atom. The Bertz CT molecular complexity index is 2320. The fraction of sp³-hybridized carbons (Fsp3) is 0.214. The van der Waals surface area contributed by atoms with Crippen molar-refractivity contribution in [3.8, 4) is 11.5 Å².